The average molecular weight is 262 g/mol. The van der Waals surface area contributed by atoms with E-state index < -0.39 is 0 Å². The Bertz CT molecular complexity index is 593. The van der Waals surface area contributed by atoms with Crippen LogP contribution < -0.4 is 10.6 Å². The number of hydrogen-bond donors (Lipinski definition) is 3. The van der Waals surface area contributed by atoms with E-state index in [4.69, 9.17) is 11.6 Å². The standard InChI is InChI=1S/C13H12ClN3O/c14-10-6-11-8(5-13(18)17-11)4-12(10)16-7-9-2-1-3-15-9/h1-4,6,15-16H,5,7H2,(H,17,18). The number of hydrogen-bond acceptors (Lipinski definition) is 2. The minimum absolute atomic E-state index is 0.0163. The second-order valence-electron chi connectivity index (χ2n) is 4.26. The highest BCUT2D eigenvalue weighted by molar-refractivity contribution is 6.33. The van der Waals surface area contributed by atoms with Gasteiger partial charge in [0.05, 0.1) is 23.7 Å². The summed E-state index contributed by atoms with van der Waals surface area (Å²) in [6, 6.07) is 7.67. The highest BCUT2D eigenvalue weighted by Gasteiger charge is 2.19. The minimum atomic E-state index is 0.0163. The van der Waals surface area contributed by atoms with Crippen molar-refractivity contribution in [1.29, 1.82) is 0 Å². The topological polar surface area (TPSA) is 56.9 Å². The van der Waals surface area contributed by atoms with Crippen LogP contribution in [0.4, 0.5) is 11.4 Å². The molecule has 3 rings (SSSR count). The first kappa shape index (κ1) is 11.2. The second kappa shape index (κ2) is 4.38. The minimum Gasteiger partial charge on any atom is -0.378 e. The van der Waals surface area contributed by atoms with Crippen molar-refractivity contribution in [2.24, 2.45) is 0 Å². The molecule has 1 aliphatic heterocycles. The molecule has 2 heterocycles. The van der Waals surface area contributed by atoms with Gasteiger partial charge in [-0.1, -0.05) is 11.6 Å². The predicted octanol–water partition coefficient (Wildman–Crippen LogP) is 2.77. The van der Waals surface area contributed by atoms with Gasteiger partial charge in [-0.3, -0.25) is 4.79 Å². The summed E-state index contributed by atoms with van der Waals surface area (Å²) in [5.74, 6) is 0.0163. The first-order chi connectivity index (χ1) is 8.72. The predicted molar refractivity (Wildman–Crippen MR) is 71.9 cm³/mol. The summed E-state index contributed by atoms with van der Waals surface area (Å²) in [6.07, 6.45) is 2.30. The summed E-state index contributed by atoms with van der Waals surface area (Å²) in [7, 11) is 0. The lowest BCUT2D eigenvalue weighted by atomic mass is 10.1. The zero-order chi connectivity index (χ0) is 12.5. The molecule has 18 heavy (non-hydrogen) atoms. The molecule has 2 aromatic rings. The summed E-state index contributed by atoms with van der Waals surface area (Å²) in [5.41, 5.74) is 3.73. The zero-order valence-electron chi connectivity index (χ0n) is 9.59. The quantitative estimate of drug-likeness (QED) is 0.796. The van der Waals surface area contributed by atoms with E-state index >= 15 is 0 Å². The van der Waals surface area contributed by atoms with Gasteiger partial charge in [-0.05, 0) is 29.8 Å². The molecule has 0 spiro atoms. The summed E-state index contributed by atoms with van der Waals surface area (Å²) >= 11 is 6.17. The van der Waals surface area contributed by atoms with E-state index in [-0.39, 0.29) is 5.91 Å². The van der Waals surface area contributed by atoms with Gasteiger partial charge in [0.15, 0.2) is 0 Å². The molecule has 0 atom stereocenters. The van der Waals surface area contributed by atoms with Gasteiger partial charge < -0.3 is 15.6 Å². The van der Waals surface area contributed by atoms with Crippen LogP contribution in [0.5, 0.6) is 0 Å². The summed E-state index contributed by atoms with van der Waals surface area (Å²) < 4.78 is 0. The van der Waals surface area contributed by atoms with E-state index in [0.717, 1.165) is 22.6 Å². The summed E-state index contributed by atoms with van der Waals surface area (Å²) in [4.78, 5) is 14.4. The van der Waals surface area contributed by atoms with Crippen molar-refractivity contribution in [2.45, 2.75) is 13.0 Å². The van der Waals surface area contributed by atoms with Crippen molar-refractivity contribution >= 4 is 28.9 Å². The number of amides is 1. The molecule has 0 saturated carbocycles. The van der Waals surface area contributed by atoms with Crippen molar-refractivity contribution in [1.82, 2.24) is 4.98 Å². The number of carbonyl (C=O) groups excluding carboxylic acids is 1. The molecule has 0 radical (unpaired) electrons. The molecule has 1 aliphatic rings. The summed E-state index contributed by atoms with van der Waals surface area (Å²) in [6.45, 7) is 0.673. The Morgan fingerprint density at radius 2 is 2.28 bits per heavy atom. The van der Waals surface area contributed by atoms with Crippen LogP contribution in [0.25, 0.3) is 0 Å². The number of rotatable bonds is 3. The molecule has 1 amide bonds. The van der Waals surface area contributed by atoms with Gasteiger partial charge in [0.25, 0.3) is 0 Å². The van der Waals surface area contributed by atoms with Crippen LogP contribution in [0.1, 0.15) is 11.3 Å². The van der Waals surface area contributed by atoms with Crippen molar-refractivity contribution < 1.29 is 4.79 Å². The van der Waals surface area contributed by atoms with Crippen LogP contribution in [0.2, 0.25) is 5.02 Å². The number of nitrogens with one attached hydrogen (secondary N) is 3. The van der Waals surface area contributed by atoms with E-state index in [2.05, 4.69) is 15.6 Å². The lowest BCUT2D eigenvalue weighted by Gasteiger charge is -2.09. The SMILES string of the molecule is O=C1Cc2cc(NCc3ccc[nH]3)c(Cl)cc2N1. The number of aromatic nitrogens is 1. The Hall–Kier alpha value is -1.94. The van der Waals surface area contributed by atoms with Crippen molar-refractivity contribution in [2.75, 3.05) is 10.6 Å². The number of carbonyl (C=O) groups is 1. The highest BCUT2D eigenvalue weighted by atomic mass is 35.5. The maximum atomic E-state index is 11.3. The van der Waals surface area contributed by atoms with E-state index in [1.54, 1.807) is 6.07 Å². The Kier molecular flexibility index (Phi) is 2.72. The van der Waals surface area contributed by atoms with Gasteiger partial charge in [0.1, 0.15) is 0 Å². The first-order valence-electron chi connectivity index (χ1n) is 5.71. The van der Waals surface area contributed by atoms with Crippen LogP contribution in [-0.2, 0) is 17.8 Å². The maximum Gasteiger partial charge on any atom is 0.228 e. The molecule has 0 aliphatic carbocycles. The number of fused-ring (bicyclic) bond motifs is 1. The lowest BCUT2D eigenvalue weighted by Crippen LogP contribution is -2.03. The molecule has 92 valence electrons. The summed E-state index contributed by atoms with van der Waals surface area (Å²) in [5, 5.41) is 6.65. The van der Waals surface area contributed by atoms with Gasteiger partial charge in [-0.2, -0.15) is 0 Å². The van der Waals surface area contributed by atoms with Gasteiger partial charge in [0, 0.05) is 17.6 Å². The molecule has 0 bridgehead atoms. The van der Waals surface area contributed by atoms with Gasteiger partial charge >= 0.3 is 0 Å². The number of aromatic amines is 1. The first-order valence-corrected chi connectivity index (χ1v) is 6.08. The number of anilines is 2. The van der Waals surface area contributed by atoms with Gasteiger partial charge in [0.2, 0.25) is 5.91 Å². The number of H-pyrrole nitrogens is 1. The van der Waals surface area contributed by atoms with Crippen LogP contribution in [0, 0.1) is 0 Å². The molecular weight excluding hydrogens is 250 g/mol. The van der Waals surface area contributed by atoms with E-state index in [1.807, 2.05) is 24.4 Å². The fraction of sp³-hybridized carbons (Fsp3) is 0.154. The van der Waals surface area contributed by atoms with Gasteiger partial charge in [-0.15, -0.1) is 0 Å². The molecule has 3 N–H and O–H groups in total. The van der Waals surface area contributed by atoms with Crippen molar-refractivity contribution in [3.05, 3.63) is 46.7 Å². The molecule has 0 fully saturated rings. The molecule has 0 saturated heterocycles. The number of benzene rings is 1. The Balaban J connectivity index is 1.80. The van der Waals surface area contributed by atoms with E-state index in [0.29, 0.717) is 18.0 Å². The van der Waals surface area contributed by atoms with Crippen LogP contribution >= 0.6 is 11.6 Å². The third-order valence-corrected chi connectivity index (χ3v) is 3.26. The third-order valence-electron chi connectivity index (χ3n) is 2.95. The Labute approximate surface area is 109 Å². The average Bonchev–Trinajstić information content (AvgIpc) is 2.94. The highest BCUT2D eigenvalue weighted by Crippen LogP contribution is 2.32. The molecule has 5 heteroatoms. The second-order valence-corrected chi connectivity index (χ2v) is 4.67. The van der Waals surface area contributed by atoms with Crippen LogP contribution in [0.15, 0.2) is 30.5 Å². The smallest absolute Gasteiger partial charge is 0.228 e. The van der Waals surface area contributed by atoms with Crippen LogP contribution in [-0.4, -0.2) is 10.9 Å². The third kappa shape index (κ3) is 2.07. The molecule has 4 nitrogen and oxygen atoms in total. The monoisotopic (exact) mass is 261 g/mol. The fourth-order valence-electron chi connectivity index (χ4n) is 2.05. The van der Waals surface area contributed by atoms with E-state index in [1.165, 1.54) is 0 Å². The van der Waals surface area contributed by atoms with Crippen molar-refractivity contribution in [3.63, 3.8) is 0 Å². The normalized spacial score (nSPS) is 13.3. The van der Waals surface area contributed by atoms with Crippen molar-refractivity contribution in [3.8, 4) is 0 Å². The van der Waals surface area contributed by atoms with E-state index in [9.17, 15) is 4.79 Å². The molecule has 0 unspecified atom stereocenters. The Morgan fingerprint density at radius 3 is 3.06 bits per heavy atom. The zero-order valence-corrected chi connectivity index (χ0v) is 10.3. The van der Waals surface area contributed by atoms with Gasteiger partial charge in [-0.25, -0.2) is 0 Å². The Morgan fingerprint density at radius 1 is 1.39 bits per heavy atom. The fourth-order valence-corrected chi connectivity index (χ4v) is 2.28. The largest absolute Gasteiger partial charge is 0.378 e. The molecule has 1 aromatic heterocycles. The molecular formula is C13H12ClN3O. The lowest BCUT2D eigenvalue weighted by molar-refractivity contribution is -0.115. The maximum absolute atomic E-state index is 11.3. The molecule has 1 aromatic carbocycles. The van der Waals surface area contributed by atoms with Crippen LogP contribution in [0.3, 0.4) is 0 Å². The number of halogens is 1.